The first-order valence-electron chi connectivity index (χ1n) is 6.85. The van der Waals surface area contributed by atoms with E-state index in [1.165, 1.54) is 12.3 Å². The van der Waals surface area contributed by atoms with Crippen LogP contribution in [0.1, 0.15) is 23.2 Å². The molecular formula is C13H13ClFN3O4S. The number of rotatable bonds is 3. The first-order chi connectivity index (χ1) is 10.9. The molecule has 1 aliphatic heterocycles. The zero-order valence-corrected chi connectivity index (χ0v) is 13.4. The maximum atomic E-state index is 14.1. The van der Waals surface area contributed by atoms with Gasteiger partial charge in [0.2, 0.25) is 10.0 Å². The van der Waals surface area contributed by atoms with Crippen LogP contribution in [-0.2, 0) is 14.8 Å². The number of pyridine rings is 1. The van der Waals surface area contributed by atoms with Gasteiger partial charge in [-0.3, -0.25) is 4.79 Å². The number of hydrogen-bond donors (Lipinski definition) is 1. The summed E-state index contributed by atoms with van der Waals surface area (Å²) in [6.45, 7) is 0.523. The Hall–Kier alpha value is -1.71. The van der Waals surface area contributed by atoms with Crippen molar-refractivity contribution in [2.45, 2.75) is 18.1 Å². The second-order valence-electron chi connectivity index (χ2n) is 5.14. The molecular weight excluding hydrogens is 349 g/mol. The molecule has 23 heavy (non-hydrogen) atoms. The average Bonchev–Trinajstić information content (AvgIpc) is 2.96. The third-order valence-corrected chi connectivity index (χ3v) is 5.62. The first-order valence-corrected chi connectivity index (χ1v) is 8.77. The van der Waals surface area contributed by atoms with Gasteiger partial charge in [-0.25, -0.2) is 22.0 Å². The van der Waals surface area contributed by atoms with E-state index >= 15 is 0 Å². The standard InChI is InChI=1S/C13H13ClFN3O4S/c14-10-3-4-18-12(11(10)15)9(6-16-18)13(19)17-23(20,21)8-2-1-5-22-7-8/h3-4,6,8H,1-2,5,7H2,(H,17,19). The predicted octanol–water partition coefficient (Wildman–Crippen LogP) is 1.37. The summed E-state index contributed by atoms with van der Waals surface area (Å²) in [5.41, 5.74) is -0.379. The van der Waals surface area contributed by atoms with Gasteiger partial charge in [-0.15, -0.1) is 0 Å². The van der Waals surface area contributed by atoms with Crippen LogP contribution in [0.3, 0.4) is 0 Å². The minimum absolute atomic E-state index is 0.0254. The Balaban J connectivity index is 1.90. The van der Waals surface area contributed by atoms with Crippen LogP contribution in [0, 0.1) is 5.82 Å². The molecule has 0 bridgehead atoms. The second kappa shape index (κ2) is 6.06. The van der Waals surface area contributed by atoms with Gasteiger partial charge in [0.1, 0.15) is 10.8 Å². The Morgan fingerprint density at radius 3 is 3.00 bits per heavy atom. The lowest BCUT2D eigenvalue weighted by atomic mass is 10.2. The zero-order valence-electron chi connectivity index (χ0n) is 11.8. The highest BCUT2D eigenvalue weighted by molar-refractivity contribution is 7.90. The van der Waals surface area contributed by atoms with E-state index < -0.39 is 27.0 Å². The van der Waals surface area contributed by atoms with Crippen molar-refractivity contribution in [2.75, 3.05) is 13.2 Å². The number of ether oxygens (including phenoxy) is 1. The third kappa shape index (κ3) is 3.04. The predicted molar refractivity (Wildman–Crippen MR) is 80.4 cm³/mol. The van der Waals surface area contributed by atoms with E-state index in [0.29, 0.717) is 19.4 Å². The number of sulfonamides is 1. The Morgan fingerprint density at radius 2 is 2.30 bits per heavy atom. The van der Waals surface area contributed by atoms with Crippen molar-refractivity contribution in [3.05, 3.63) is 34.9 Å². The molecule has 2 aromatic rings. The van der Waals surface area contributed by atoms with Crippen LogP contribution < -0.4 is 4.72 Å². The highest BCUT2D eigenvalue weighted by atomic mass is 35.5. The molecule has 0 saturated carbocycles. The van der Waals surface area contributed by atoms with Crippen molar-refractivity contribution in [1.29, 1.82) is 0 Å². The highest BCUT2D eigenvalue weighted by Gasteiger charge is 2.31. The molecule has 2 aromatic heterocycles. The summed E-state index contributed by atoms with van der Waals surface area (Å²) in [4.78, 5) is 12.2. The van der Waals surface area contributed by atoms with Crippen molar-refractivity contribution in [3.8, 4) is 0 Å². The number of fused-ring (bicyclic) bond motifs is 1. The highest BCUT2D eigenvalue weighted by Crippen LogP contribution is 2.22. The van der Waals surface area contributed by atoms with Gasteiger partial charge in [0.15, 0.2) is 5.82 Å². The van der Waals surface area contributed by atoms with Crippen molar-refractivity contribution in [2.24, 2.45) is 0 Å². The number of halogens is 2. The van der Waals surface area contributed by atoms with Crippen LogP contribution in [0.4, 0.5) is 4.39 Å². The lowest BCUT2D eigenvalue weighted by Gasteiger charge is -2.22. The number of nitrogens with zero attached hydrogens (tertiary/aromatic N) is 2. The van der Waals surface area contributed by atoms with Crippen LogP contribution in [0.15, 0.2) is 18.5 Å². The molecule has 7 nitrogen and oxygen atoms in total. The van der Waals surface area contributed by atoms with E-state index in [2.05, 4.69) is 5.10 Å². The molecule has 1 saturated heterocycles. The molecule has 0 aromatic carbocycles. The van der Waals surface area contributed by atoms with Gasteiger partial charge in [-0.2, -0.15) is 5.10 Å². The molecule has 1 unspecified atom stereocenters. The van der Waals surface area contributed by atoms with Crippen LogP contribution in [-0.4, -0.2) is 42.4 Å². The van der Waals surface area contributed by atoms with Gasteiger partial charge in [-0.05, 0) is 18.9 Å². The maximum Gasteiger partial charge on any atom is 0.268 e. The van der Waals surface area contributed by atoms with Gasteiger partial charge in [0, 0.05) is 12.8 Å². The van der Waals surface area contributed by atoms with Gasteiger partial charge in [0.25, 0.3) is 5.91 Å². The summed E-state index contributed by atoms with van der Waals surface area (Å²) in [7, 11) is -3.92. The normalized spacial score (nSPS) is 19.0. The monoisotopic (exact) mass is 361 g/mol. The number of carbonyl (C=O) groups excluding carboxylic acids is 1. The van der Waals surface area contributed by atoms with Gasteiger partial charge < -0.3 is 4.74 Å². The van der Waals surface area contributed by atoms with Crippen molar-refractivity contribution in [3.63, 3.8) is 0 Å². The summed E-state index contributed by atoms with van der Waals surface area (Å²) in [6.07, 6.45) is 3.47. The zero-order chi connectivity index (χ0) is 16.6. The Kier molecular flexibility index (Phi) is 4.26. The van der Waals surface area contributed by atoms with Crippen LogP contribution in [0.5, 0.6) is 0 Å². The fourth-order valence-electron chi connectivity index (χ4n) is 2.41. The number of carbonyl (C=O) groups is 1. The average molecular weight is 362 g/mol. The third-order valence-electron chi connectivity index (χ3n) is 3.61. The van der Waals surface area contributed by atoms with Crippen LogP contribution in [0.25, 0.3) is 5.52 Å². The van der Waals surface area contributed by atoms with E-state index in [-0.39, 0.29) is 22.7 Å². The van der Waals surface area contributed by atoms with E-state index in [0.717, 1.165) is 10.7 Å². The summed E-state index contributed by atoms with van der Waals surface area (Å²) >= 11 is 5.69. The maximum absolute atomic E-state index is 14.1. The Labute approximate surface area is 136 Å². The molecule has 3 rings (SSSR count). The summed E-state index contributed by atoms with van der Waals surface area (Å²) in [5, 5.41) is 2.83. The summed E-state index contributed by atoms with van der Waals surface area (Å²) in [5.74, 6) is -1.79. The van der Waals surface area contributed by atoms with E-state index in [4.69, 9.17) is 16.3 Å². The molecule has 1 N–H and O–H groups in total. The Morgan fingerprint density at radius 1 is 1.52 bits per heavy atom. The summed E-state index contributed by atoms with van der Waals surface area (Å²) in [6, 6.07) is 1.29. The van der Waals surface area contributed by atoms with Gasteiger partial charge in [0.05, 0.1) is 23.4 Å². The topological polar surface area (TPSA) is 89.8 Å². The fourth-order valence-corrected chi connectivity index (χ4v) is 3.84. The van der Waals surface area contributed by atoms with E-state index in [9.17, 15) is 17.6 Å². The van der Waals surface area contributed by atoms with Crippen LogP contribution in [0.2, 0.25) is 5.02 Å². The molecule has 0 aliphatic carbocycles. The van der Waals surface area contributed by atoms with Crippen molar-refractivity contribution >= 4 is 33.0 Å². The summed E-state index contributed by atoms with van der Waals surface area (Å²) < 4.78 is 46.7. The van der Waals surface area contributed by atoms with Crippen molar-refractivity contribution in [1.82, 2.24) is 14.3 Å². The fraction of sp³-hybridized carbons (Fsp3) is 0.385. The quantitative estimate of drug-likeness (QED) is 0.891. The smallest absolute Gasteiger partial charge is 0.268 e. The van der Waals surface area contributed by atoms with Gasteiger partial charge >= 0.3 is 0 Å². The molecule has 0 spiro atoms. The molecule has 124 valence electrons. The first kappa shape index (κ1) is 16.2. The molecule has 1 atom stereocenters. The minimum atomic E-state index is -3.92. The minimum Gasteiger partial charge on any atom is -0.380 e. The lowest BCUT2D eigenvalue weighted by molar-refractivity contribution is 0.0954. The van der Waals surface area contributed by atoms with Crippen molar-refractivity contribution < 1.29 is 22.3 Å². The molecule has 1 fully saturated rings. The largest absolute Gasteiger partial charge is 0.380 e. The number of nitrogens with one attached hydrogen (secondary N) is 1. The molecule has 1 amide bonds. The lowest BCUT2D eigenvalue weighted by Crippen LogP contribution is -2.42. The molecule has 3 heterocycles. The van der Waals surface area contributed by atoms with Crippen LogP contribution >= 0.6 is 11.6 Å². The van der Waals surface area contributed by atoms with Gasteiger partial charge in [-0.1, -0.05) is 11.6 Å². The second-order valence-corrected chi connectivity index (χ2v) is 7.51. The number of hydrogen-bond acceptors (Lipinski definition) is 5. The Bertz CT molecular complexity index is 861. The molecule has 10 heteroatoms. The number of amides is 1. The molecule has 0 radical (unpaired) electrons. The van der Waals surface area contributed by atoms with E-state index in [1.807, 2.05) is 4.72 Å². The molecule has 1 aliphatic rings. The number of aromatic nitrogens is 2. The van der Waals surface area contributed by atoms with E-state index in [1.54, 1.807) is 0 Å². The SMILES string of the molecule is O=C(NS(=O)(=O)C1CCCOC1)c1cnn2ccc(Cl)c(F)c12.